The summed E-state index contributed by atoms with van der Waals surface area (Å²) in [5.41, 5.74) is 1.24. The average molecular weight is 364 g/mol. The van der Waals surface area contributed by atoms with Crippen molar-refractivity contribution in [1.29, 1.82) is 0 Å². The summed E-state index contributed by atoms with van der Waals surface area (Å²) in [6.07, 6.45) is 0. The number of aromatic nitrogens is 4. The molecule has 2 aromatic heterocycles. The van der Waals surface area contributed by atoms with Crippen LogP contribution in [-0.4, -0.2) is 25.9 Å². The summed E-state index contributed by atoms with van der Waals surface area (Å²) < 4.78 is 6.16. The van der Waals surface area contributed by atoms with Gasteiger partial charge < -0.3 is 4.74 Å². The van der Waals surface area contributed by atoms with Crippen LogP contribution in [0.15, 0.2) is 64.8 Å². The highest BCUT2D eigenvalue weighted by Crippen LogP contribution is 2.23. The Labute approximate surface area is 151 Å². The summed E-state index contributed by atoms with van der Waals surface area (Å²) in [7, 11) is 0. The molecule has 0 spiro atoms. The van der Waals surface area contributed by atoms with Crippen molar-refractivity contribution in [2.75, 3.05) is 0 Å². The fraction of sp³-hybridized carbons (Fsp3) is 0.0556. The molecule has 2 aromatic carbocycles. The standard InChI is InChI=1S/C18H12N4O3S/c23-17-13-8-4-5-9-14(13)20-21-22(17)11-25-18(24)15-10-26-16(19-15)12-6-2-1-3-7-12/h1-10H,11H2. The van der Waals surface area contributed by atoms with E-state index in [0.29, 0.717) is 10.9 Å². The smallest absolute Gasteiger partial charge is 0.359 e. The first kappa shape index (κ1) is 16.1. The van der Waals surface area contributed by atoms with Gasteiger partial charge in [-0.05, 0) is 12.1 Å². The molecule has 4 aromatic rings. The predicted molar refractivity (Wildman–Crippen MR) is 96.8 cm³/mol. The minimum atomic E-state index is -0.620. The maximum Gasteiger partial charge on any atom is 0.359 e. The number of hydrogen-bond donors (Lipinski definition) is 0. The van der Waals surface area contributed by atoms with Gasteiger partial charge in [0.05, 0.1) is 5.39 Å². The van der Waals surface area contributed by atoms with Crippen LogP contribution in [0.2, 0.25) is 0 Å². The van der Waals surface area contributed by atoms with Crippen LogP contribution < -0.4 is 5.56 Å². The maximum atomic E-state index is 12.3. The van der Waals surface area contributed by atoms with Crippen molar-refractivity contribution in [3.63, 3.8) is 0 Å². The third-order valence-electron chi connectivity index (χ3n) is 3.68. The first-order chi connectivity index (χ1) is 12.7. The van der Waals surface area contributed by atoms with Crippen LogP contribution in [0.4, 0.5) is 0 Å². The van der Waals surface area contributed by atoms with Crippen LogP contribution in [0.25, 0.3) is 21.5 Å². The van der Waals surface area contributed by atoms with Crippen LogP contribution in [0.1, 0.15) is 10.5 Å². The number of hydrogen-bond acceptors (Lipinski definition) is 7. The molecular weight excluding hydrogens is 352 g/mol. The van der Waals surface area contributed by atoms with Crippen molar-refractivity contribution < 1.29 is 9.53 Å². The number of thiazole rings is 1. The van der Waals surface area contributed by atoms with E-state index in [0.717, 1.165) is 15.3 Å². The molecule has 0 aliphatic heterocycles. The minimum absolute atomic E-state index is 0.190. The summed E-state index contributed by atoms with van der Waals surface area (Å²) in [6, 6.07) is 16.4. The van der Waals surface area contributed by atoms with E-state index < -0.39 is 5.97 Å². The molecule has 0 saturated carbocycles. The number of rotatable bonds is 4. The second kappa shape index (κ2) is 6.85. The SMILES string of the molecule is O=C(OCn1nnc2ccccc2c1=O)c1csc(-c2ccccc2)n1. The Hall–Kier alpha value is -3.39. The summed E-state index contributed by atoms with van der Waals surface area (Å²) in [4.78, 5) is 28.8. The van der Waals surface area contributed by atoms with Gasteiger partial charge in [-0.2, -0.15) is 4.68 Å². The zero-order valence-electron chi connectivity index (χ0n) is 13.4. The number of carbonyl (C=O) groups is 1. The van der Waals surface area contributed by atoms with Crippen molar-refractivity contribution in [3.8, 4) is 10.6 Å². The van der Waals surface area contributed by atoms with Crippen LogP contribution in [0.5, 0.6) is 0 Å². The highest BCUT2D eigenvalue weighted by Gasteiger charge is 2.14. The molecule has 0 fully saturated rings. The van der Waals surface area contributed by atoms with Gasteiger partial charge in [0.2, 0.25) is 0 Å². The molecule has 0 N–H and O–H groups in total. The van der Waals surface area contributed by atoms with Crippen molar-refractivity contribution in [1.82, 2.24) is 20.0 Å². The van der Waals surface area contributed by atoms with Crippen molar-refractivity contribution in [2.24, 2.45) is 0 Å². The average Bonchev–Trinajstić information content (AvgIpc) is 3.18. The first-order valence-corrected chi connectivity index (χ1v) is 8.61. The zero-order valence-corrected chi connectivity index (χ0v) is 14.2. The highest BCUT2D eigenvalue weighted by atomic mass is 32.1. The molecule has 0 radical (unpaired) electrons. The number of carbonyl (C=O) groups excluding carboxylic acids is 1. The van der Waals surface area contributed by atoms with Gasteiger partial charge in [0, 0.05) is 10.9 Å². The van der Waals surface area contributed by atoms with E-state index in [4.69, 9.17) is 4.74 Å². The topological polar surface area (TPSA) is 87.0 Å². The van der Waals surface area contributed by atoms with E-state index >= 15 is 0 Å². The Balaban J connectivity index is 1.50. The molecule has 0 amide bonds. The Morgan fingerprint density at radius 3 is 2.69 bits per heavy atom. The van der Waals surface area contributed by atoms with Gasteiger partial charge >= 0.3 is 5.97 Å². The molecular formula is C18H12N4O3S. The second-order valence-corrected chi connectivity index (χ2v) is 6.23. The number of esters is 1. The van der Waals surface area contributed by atoms with Gasteiger partial charge in [0.15, 0.2) is 12.4 Å². The summed E-state index contributed by atoms with van der Waals surface area (Å²) in [5.74, 6) is -0.620. The van der Waals surface area contributed by atoms with Crippen molar-refractivity contribution in [3.05, 3.63) is 76.0 Å². The quantitative estimate of drug-likeness (QED) is 0.518. The molecule has 0 saturated heterocycles. The van der Waals surface area contributed by atoms with Gasteiger partial charge in [0.1, 0.15) is 10.5 Å². The number of nitrogens with zero attached hydrogens (tertiary/aromatic N) is 4. The van der Waals surface area contributed by atoms with Gasteiger partial charge in [-0.3, -0.25) is 4.79 Å². The monoisotopic (exact) mass is 364 g/mol. The number of benzene rings is 2. The van der Waals surface area contributed by atoms with Crippen LogP contribution >= 0.6 is 11.3 Å². The number of fused-ring (bicyclic) bond motifs is 1. The lowest BCUT2D eigenvalue weighted by Crippen LogP contribution is -2.26. The normalized spacial score (nSPS) is 10.8. The third kappa shape index (κ3) is 3.09. The van der Waals surface area contributed by atoms with E-state index in [1.807, 2.05) is 30.3 Å². The Morgan fingerprint density at radius 2 is 1.85 bits per heavy atom. The molecule has 2 heterocycles. The predicted octanol–water partition coefficient (Wildman–Crippen LogP) is 2.73. The van der Waals surface area contributed by atoms with Gasteiger partial charge in [0.25, 0.3) is 5.56 Å². The molecule has 26 heavy (non-hydrogen) atoms. The van der Waals surface area contributed by atoms with Gasteiger partial charge in [-0.1, -0.05) is 47.7 Å². The molecule has 7 nitrogen and oxygen atoms in total. The summed E-state index contributed by atoms with van der Waals surface area (Å²) in [5, 5.41) is 10.5. The first-order valence-electron chi connectivity index (χ1n) is 7.73. The second-order valence-electron chi connectivity index (χ2n) is 5.38. The molecule has 0 unspecified atom stereocenters. The molecule has 0 aliphatic rings. The fourth-order valence-corrected chi connectivity index (χ4v) is 3.18. The molecule has 0 aliphatic carbocycles. The largest absolute Gasteiger partial charge is 0.437 e. The lowest BCUT2D eigenvalue weighted by Gasteiger charge is -2.05. The van der Waals surface area contributed by atoms with E-state index in [1.165, 1.54) is 11.3 Å². The lowest BCUT2D eigenvalue weighted by atomic mass is 10.2. The molecule has 4 rings (SSSR count). The van der Waals surface area contributed by atoms with Crippen molar-refractivity contribution in [2.45, 2.75) is 6.73 Å². The minimum Gasteiger partial charge on any atom is -0.437 e. The molecule has 8 heteroatoms. The van der Waals surface area contributed by atoms with E-state index in [2.05, 4.69) is 15.3 Å². The Morgan fingerprint density at radius 1 is 1.08 bits per heavy atom. The summed E-state index contributed by atoms with van der Waals surface area (Å²) in [6.45, 7) is -0.326. The van der Waals surface area contributed by atoms with Gasteiger partial charge in [-0.25, -0.2) is 9.78 Å². The van der Waals surface area contributed by atoms with Crippen LogP contribution in [0.3, 0.4) is 0 Å². The van der Waals surface area contributed by atoms with Gasteiger partial charge in [-0.15, -0.1) is 16.4 Å². The lowest BCUT2D eigenvalue weighted by molar-refractivity contribution is 0.0330. The van der Waals surface area contributed by atoms with E-state index in [9.17, 15) is 9.59 Å². The maximum absolute atomic E-state index is 12.3. The van der Waals surface area contributed by atoms with Crippen LogP contribution in [-0.2, 0) is 11.5 Å². The van der Waals surface area contributed by atoms with E-state index in [1.54, 1.807) is 29.6 Å². The van der Waals surface area contributed by atoms with Crippen LogP contribution in [0, 0.1) is 0 Å². The fourth-order valence-electron chi connectivity index (χ4n) is 2.38. The Bertz CT molecular complexity index is 1140. The van der Waals surface area contributed by atoms with Crippen molar-refractivity contribution >= 4 is 28.2 Å². The molecule has 0 atom stereocenters. The molecule has 128 valence electrons. The highest BCUT2D eigenvalue weighted by molar-refractivity contribution is 7.13. The third-order valence-corrected chi connectivity index (χ3v) is 4.57. The van der Waals surface area contributed by atoms with E-state index in [-0.39, 0.29) is 18.0 Å². The molecule has 0 bridgehead atoms. The zero-order chi connectivity index (χ0) is 17.9. The Kier molecular flexibility index (Phi) is 4.24. The summed E-state index contributed by atoms with van der Waals surface area (Å²) >= 11 is 1.35. The number of ether oxygens (including phenoxy) is 1.